The van der Waals surface area contributed by atoms with Crippen molar-refractivity contribution in [2.75, 3.05) is 11.5 Å². The van der Waals surface area contributed by atoms with Crippen molar-refractivity contribution >= 4 is 26.6 Å². The van der Waals surface area contributed by atoms with Crippen LogP contribution >= 0.6 is 0 Å². The highest BCUT2D eigenvalue weighted by molar-refractivity contribution is 7.91. The SMILES string of the molecule is CCS(=O)(=O)C[C@@H](Cc1cccc2ccccc12)C(=O)O. The number of aliphatic carboxylic acids is 1. The topological polar surface area (TPSA) is 71.4 Å². The average molecular weight is 306 g/mol. The zero-order valence-electron chi connectivity index (χ0n) is 11.8. The largest absolute Gasteiger partial charge is 0.481 e. The van der Waals surface area contributed by atoms with Crippen LogP contribution in [-0.2, 0) is 21.1 Å². The number of benzene rings is 2. The third-order valence-electron chi connectivity index (χ3n) is 3.59. The lowest BCUT2D eigenvalue weighted by molar-refractivity contribution is -0.140. The molecule has 0 bridgehead atoms. The first-order chi connectivity index (χ1) is 9.93. The molecule has 2 aromatic rings. The minimum atomic E-state index is -3.32. The third kappa shape index (κ3) is 3.82. The molecule has 0 fully saturated rings. The summed E-state index contributed by atoms with van der Waals surface area (Å²) in [4.78, 5) is 11.4. The van der Waals surface area contributed by atoms with Gasteiger partial charge in [-0.15, -0.1) is 0 Å². The van der Waals surface area contributed by atoms with Crippen LogP contribution in [0.1, 0.15) is 12.5 Å². The van der Waals surface area contributed by atoms with E-state index in [-0.39, 0.29) is 17.9 Å². The molecule has 21 heavy (non-hydrogen) atoms. The molecule has 1 atom stereocenters. The highest BCUT2D eigenvalue weighted by atomic mass is 32.2. The summed E-state index contributed by atoms with van der Waals surface area (Å²) in [5.74, 6) is -2.34. The Kier molecular flexibility index (Phi) is 4.63. The second-order valence-corrected chi connectivity index (χ2v) is 7.47. The average Bonchev–Trinajstić information content (AvgIpc) is 2.46. The second kappa shape index (κ2) is 6.26. The monoisotopic (exact) mass is 306 g/mol. The van der Waals surface area contributed by atoms with E-state index in [0.717, 1.165) is 16.3 Å². The van der Waals surface area contributed by atoms with Crippen LogP contribution in [0.3, 0.4) is 0 Å². The van der Waals surface area contributed by atoms with Gasteiger partial charge >= 0.3 is 5.97 Å². The van der Waals surface area contributed by atoms with E-state index in [1.54, 1.807) is 0 Å². The van der Waals surface area contributed by atoms with E-state index in [9.17, 15) is 18.3 Å². The molecule has 5 heteroatoms. The number of rotatable bonds is 6. The van der Waals surface area contributed by atoms with Crippen molar-refractivity contribution in [1.29, 1.82) is 0 Å². The first kappa shape index (κ1) is 15.5. The summed E-state index contributed by atoms with van der Waals surface area (Å²) in [6, 6.07) is 13.4. The standard InChI is InChI=1S/C16H18O4S/c1-2-21(19,20)11-14(16(17)18)10-13-8-5-7-12-6-3-4-9-15(12)13/h3-9,14H,2,10-11H2,1H3,(H,17,18)/t14-/m1/s1. The minimum Gasteiger partial charge on any atom is -0.481 e. The van der Waals surface area contributed by atoms with Gasteiger partial charge in [0.25, 0.3) is 0 Å². The summed E-state index contributed by atoms with van der Waals surface area (Å²) in [7, 11) is -3.32. The van der Waals surface area contributed by atoms with Crippen molar-refractivity contribution in [3.05, 3.63) is 48.0 Å². The Hall–Kier alpha value is -1.88. The molecule has 0 spiro atoms. The summed E-state index contributed by atoms with van der Waals surface area (Å²) in [5.41, 5.74) is 0.867. The van der Waals surface area contributed by atoms with Crippen LogP contribution in [0.15, 0.2) is 42.5 Å². The van der Waals surface area contributed by atoms with Gasteiger partial charge in [-0.05, 0) is 22.8 Å². The number of carboxylic acid groups (broad SMARTS) is 1. The van der Waals surface area contributed by atoms with Crippen molar-refractivity contribution in [2.24, 2.45) is 5.92 Å². The summed E-state index contributed by atoms with van der Waals surface area (Å²) in [5, 5.41) is 11.3. The summed E-state index contributed by atoms with van der Waals surface area (Å²) >= 11 is 0. The Morgan fingerprint density at radius 2 is 1.81 bits per heavy atom. The molecule has 1 N–H and O–H groups in total. The van der Waals surface area contributed by atoms with Crippen LogP contribution in [0.5, 0.6) is 0 Å². The first-order valence-corrected chi connectivity index (χ1v) is 8.65. The van der Waals surface area contributed by atoms with Crippen LogP contribution in [-0.4, -0.2) is 31.0 Å². The highest BCUT2D eigenvalue weighted by Crippen LogP contribution is 2.22. The summed E-state index contributed by atoms with van der Waals surface area (Å²) < 4.78 is 23.4. The number of carbonyl (C=O) groups is 1. The van der Waals surface area contributed by atoms with Crippen molar-refractivity contribution < 1.29 is 18.3 Å². The molecular formula is C16H18O4S. The van der Waals surface area contributed by atoms with Crippen LogP contribution in [0.25, 0.3) is 10.8 Å². The van der Waals surface area contributed by atoms with Gasteiger partial charge in [0.05, 0.1) is 11.7 Å². The smallest absolute Gasteiger partial charge is 0.307 e. The van der Waals surface area contributed by atoms with Gasteiger partial charge in [0.1, 0.15) is 0 Å². The van der Waals surface area contributed by atoms with Gasteiger partial charge in [0.2, 0.25) is 0 Å². The van der Waals surface area contributed by atoms with Crippen molar-refractivity contribution in [2.45, 2.75) is 13.3 Å². The molecule has 4 nitrogen and oxygen atoms in total. The zero-order valence-corrected chi connectivity index (χ0v) is 12.6. The van der Waals surface area contributed by atoms with Gasteiger partial charge in [-0.25, -0.2) is 8.42 Å². The van der Waals surface area contributed by atoms with E-state index >= 15 is 0 Å². The van der Waals surface area contributed by atoms with E-state index in [4.69, 9.17) is 0 Å². The molecule has 2 rings (SSSR count). The Morgan fingerprint density at radius 3 is 2.48 bits per heavy atom. The second-order valence-electron chi connectivity index (χ2n) is 5.08. The Labute approximate surface area is 124 Å². The molecule has 112 valence electrons. The van der Waals surface area contributed by atoms with E-state index in [1.807, 2.05) is 42.5 Å². The van der Waals surface area contributed by atoms with E-state index in [2.05, 4.69) is 0 Å². The van der Waals surface area contributed by atoms with Gasteiger partial charge in [0.15, 0.2) is 9.84 Å². The van der Waals surface area contributed by atoms with Crippen LogP contribution in [0, 0.1) is 5.92 Å². The van der Waals surface area contributed by atoms with Gasteiger partial charge in [-0.2, -0.15) is 0 Å². The Bertz CT molecular complexity index is 744. The lowest BCUT2D eigenvalue weighted by Gasteiger charge is -2.14. The Morgan fingerprint density at radius 1 is 1.14 bits per heavy atom. The maximum Gasteiger partial charge on any atom is 0.307 e. The molecule has 0 amide bonds. The lowest BCUT2D eigenvalue weighted by atomic mass is 9.96. The maximum absolute atomic E-state index is 11.7. The van der Waals surface area contributed by atoms with E-state index < -0.39 is 21.7 Å². The maximum atomic E-state index is 11.7. The molecule has 0 aliphatic heterocycles. The van der Waals surface area contributed by atoms with Gasteiger partial charge in [-0.1, -0.05) is 49.4 Å². The quantitative estimate of drug-likeness (QED) is 0.890. The number of sulfone groups is 1. The zero-order chi connectivity index (χ0) is 15.5. The molecule has 0 aliphatic rings. The molecule has 0 aromatic heterocycles. The van der Waals surface area contributed by atoms with Crippen LogP contribution in [0.4, 0.5) is 0 Å². The fourth-order valence-electron chi connectivity index (χ4n) is 2.38. The van der Waals surface area contributed by atoms with Crippen molar-refractivity contribution in [1.82, 2.24) is 0 Å². The Balaban J connectivity index is 2.34. The minimum absolute atomic E-state index is 0.0354. The van der Waals surface area contributed by atoms with E-state index in [0.29, 0.717) is 0 Å². The van der Waals surface area contributed by atoms with Crippen molar-refractivity contribution in [3.63, 3.8) is 0 Å². The van der Waals surface area contributed by atoms with Gasteiger partial charge in [-0.3, -0.25) is 4.79 Å². The fraction of sp³-hybridized carbons (Fsp3) is 0.312. The van der Waals surface area contributed by atoms with Gasteiger partial charge in [0, 0.05) is 5.75 Å². The number of fused-ring (bicyclic) bond motifs is 1. The molecule has 0 radical (unpaired) electrons. The summed E-state index contributed by atoms with van der Waals surface area (Å²) in [6.45, 7) is 1.53. The number of hydrogen-bond donors (Lipinski definition) is 1. The van der Waals surface area contributed by atoms with Crippen molar-refractivity contribution in [3.8, 4) is 0 Å². The first-order valence-electron chi connectivity index (χ1n) is 6.83. The molecule has 0 heterocycles. The lowest BCUT2D eigenvalue weighted by Crippen LogP contribution is -2.26. The molecule has 0 aliphatic carbocycles. The molecule has 2 aromatic carbocycles. The van der Waals surface area contributed by atoms with Crippen LogP contribution in [0.2, 0.25) is 0 Å². The molecule has 0 saturated carbocycles. The van der Waals surface area contributed by atoms with Gasteiger partial charge < -0.3 is 5.11 Å². The van der Waals surface area contributed by atoms with E-state index in [1.165, 1.54) is 6.92 Å². The predicted molar refractivity (Wildman–Crippen MR) is 83.1 cm³/mol. The number of carboxylic acids is 1. The predicted octanol–water partition coefficient (Wildman–Crippen LogP) is 2.52. The molecule has 0 unspecified atom stereocenters. The molecule has 0 saturated heterocycles. The summed E-state index contributed by atoms with van der Waals surface area (Å²) in [6.07, 6.45) is 0.218. The van der Waals surface area contributed by atoms with Crippen LogP contribution < -0.4 is 0 Å². The normalized spacial score (nSPS) is 13.2. The fourth-order valence-corrected chi connectivity index (χ4v) is 3.49. The number of hydrogen-bond acceptors (Lipinski definition) is 3. The highest BCUT2D eigenvalue weighted by Gasteiger charge is 2.25. The third-order valence-corrected chi connectivity index (χ3v) is 5.38. The molecular weight excluding hydrogens is 288 g/mol.